The van der Waals surface area contributed by atoms with Gasteiger partial charge in [-0.05, 0) is 49.9 Å². The summed E-state index contributed by atoms with van der Waals surface area (Å²) in [7, 11) is 1.50. The fourth-order valence-corrected chi connectivity index (χ4v) is 5.04. The van der Waals surface area contributed by atoms with Crippen molar-refractivity contribution in [2.75, 3.05) is 44.8 Å². The molecule has 0 saturated carbocycles. The molecule has 1 atom stereocenters. The smallest absolute Gasteiger partial charge is 0.222 e. The monoisotopic (exact) mass is 483 g/mol. The van der Waals surface area contributed by atoms with Crippen LogP contribution in [0, 0.1) is 5.82 Å². The number of halogens is 1. The maximum Gasteiger partial charge on any atom is 0.222 e. The molecule has 2 aliphatic heterocycles. The van der Waals surface area contributed by atoms with E-state index in [1.807, 2.05) is 36.1 Å². The van der Waals surface area contributed by atoms with Crippen LogP contribution in [0.1, 0.15) is 38.2 Å². The molecule has 2 amide bonds. The third-order valence-electron chi connectivity index (χ3n) is 6.98. The van der Waals surface area contributed by atoms with E-state index < -0.39 is 5.54 Å². The highest BCUT2D eigenvalue weighted by Gasteiger charge is 2.39. The largest absolute Gasteiger partial charge is 0.497 e. The predicted octanol–water partition coefficient (Wildman–Crippen LogP) is 3.55. The molecule has 0 aliphatic carbocycles. The van der Waals surface area contributed by atoms with Crippen LogP contribution in [-0.2, 0) is 16.0 Å². The second-order valence-electron chi connectivity index (χ2n) is 9.23. The van der Waals surface area contributed by atoms with Crippen LogP contribution < -0.4 is 19.7 Å². The molecule has 1 N–H and O–H groups in total. The minimum atomic E-state index is -0.611. The number of hydrogen-bond acceptors (Lipinski definition) is 5. The summed E-state index contributed by atoms with van der Waals surface area (Å²) in [5.74, 6) is 0.972. The number of nitrogens with one attached hydrogen (secondary N) is 1. The molecule has 2 aromatic carbocycles. The lowest BCUT2D eigenvalue weighted by Gasteiger charge is -2.37. The lowest BCUT2D eigenvalue weighted by Crippen LogP contribution is -2.50. The van der Waals surface area contributed by atoms with Gasteiger partial charge < -0.3 is 24.6 Å². The number of nitrogens with zero attached hydrogens (tertiary/aromatic N) is 2. The van der Waals surface area contributed by atoms with Gasteiger partial charge in [0.2, 0.25) is 11.8 Å². The average Bonchev–Trinajstić information content (AvgIpc) is 3.25. The Morgan fingerprint density at radius 1 is 1.14 bits per heavy atom. The Bertz CT molecular complexity index is 1050. The Labute approximate surface area is 206 Å². The highest BCUT2D eigenvalue weighted by Crippen LogP contribution is 2.32. The lowest BCUT2D eigenvalue weighted by atomic mass is 9.84. The molecule has 2 fully saturated rings. The van der Waals surface area contributed by atoms with Gasteiger partial charge in [0, 0.05) is 50.6 Å². The molecule has 2 aliphatic rings. The van der Waals surface area contributed by atoms with Crippen LogP contribution in [0.2, 0.25) is 0 Å². The van der Waals surface area contributed by atoms with E-state index in [-0.39, 0.29) is 17.6 Å². The van der Waals surface area contributed by atoms with Crippen LogP contribution in [0.15, 0.2) is 42.5 Å². The quantitative estimate of drug-likeness (QED) is 0.591. The van der Waals surface area contributed by atoms with Gasteiger partial charge in [0.1, 0.15) is 17.3 Å². The van der Waals surface area contributed by atoms with Gasteiger partial charge in [0.05, 0.1) is 19.4 Å². The maximum atomic E-state index is 14.6. The van der Waals surface area contributed by atoms with E-state index in [0.717, 1.165) is 24.5 Å². The molecular formula is C27H34FN3O4. The molecule has 35 heavy (non-hydrogen) atoms. The Hall–Kier alpha value is -3.29. The zero-order valence-corrected chi connectivity index (χ0v) is 20.5. The Kier molecular flexibility index (Phi) is 7.78. The van der Waals surface area contributed by atoms with Gasteiger partial charge in [-0.25, -0.2) is 4.39 Å². The van der Waals surface area contributed by atoms with Crippen LogP contribution >= 0.6 is 0 Å². The first-order valence-electron chi connectivity index (χ1n) is 12.3. The van der Waals surface area contributed by atoms with Crippen molar-refractivity contribution in [3.8, 4) is 11.5 Å². The number of rotatable bonds is 9. The molecule has 0 bridgehead atoms. The average molecular weight is 484 g/mol. The molecule has 2 aromatic rings. The Morgan fingerprint density at radius 2 is 1.91 bits per heavy atom. The van der Waals surface area contributed by atoms with Crippen LogP contribution in [0.25, 0.3) is 0 Å². The number of para-hydroxylation sites is 2. The maximum absolute atomic E-state index is 14.6. The molecule has 0 spiro atoms. The molecule has 0 unspecified atom stereocenters. The summed E-state index contributed by atoms with van der Waals surface area (Å²) < 4.78 is 25.5. The molecule has 2 saturated heterocycles. The van der Waals surface area contributed by atoms with Crippen molar-refractivity contribution in [2.45, 2.75) is 44.6 Å². The van der Waals surface area contributed by atoms with Gasteiger partial charge in [-0.15, -0.1) is 0 Å². The summed E-state index contributed by atoms with van der Waals surface area (Å²) in [6.45, 7) is 5.30. The van der Waals surface area contributed by atoms with Crippen molar-refractivity contribution in [1.82, 2.24) is 10.2 Å². The second-order valence-corrected chi connectivity index (χ2v) is 9.23. The molecule has 8 heteroatoms. The van der Waals surface area contributed by atoms with Gasteiger partial charge in [0.25, 0.3) is 0 Å². The van der Waals surface area contributed by atoms with Crippen molar-refractivity contribution in [3.05, 3.63) is 53.8 Å². The summed E-state index contributed by atoms with van der Waals surface area (Å²) in [5.41, 5.74) is 0.957. The van der Waals surface area contributed by atoms with Crippen LogP contribution in [0.3, 0.4) is 0 Å². The van der Waals surface area contributed by atoms with Gasteiger partial charge in [0.15, 0.2) is 0 Å². The number of ether oxygens (including phenoxy) is 2. The van der Waals surface area contributed by atoms with Gasteiger partial charge in [-0.1, -0.05) is 18.2 Å². The summed E-state index contributed by atoms with van der Waals surface area (Å²) in [6, 6.07) is 12.7. The van der Waals surface area contributed by atoms with E-state index in [0.29, 0.717) is 63.1 Å². The van der Waals surface area contributed by atoms with E-state index in [4.69, 9.17) is 9.47 Å². The number of methoxy groups -OCH3 is 1. The highest BCUT2D eigenvalue weighted by molar-refractivity contribution is 5.80. The third-order valence-corrected chi connectivity index (χ3v) is 6.98. The highest BCUT2D eigenvalue weighted by atomic mass is 19.1. The zero-order valence-electron chi connectivity index (χ0n) is 20.5. The normalized spacial score (nSPS) is 20.0. The minimum Gasteiger partial charge on any atom is -0.497 e. The topological polar surface area (TPSA) is 71.1 Å². The van der Waals surface area contributed by atoms with E-state index in [1.165, 1.54) is 13.2 Å². The van der Waals surface area contributed by atoms with Crippen LogP contribution in [0.5, 0.6) is 11.5 Å². The fraction of sp³-hybridized carbons (Fsp3) is 0.481. The summed E-state index contributed by atoms with van der Waals surface area (Å²) in [6.07, 6.45) is 2.13. The Balaban J connectivity index is 1.36. The molecule has 2 heterocycles. The molecular weight excluding hydrogens is 449 g/mol. The predicted molar refractivity (Wildman–Crippen MR) is 132 cm³/mol. The lowest BCUT2D eigenvalue weighted by molar-refractivity contribution is -0.132. The van der Waals surface area contributed by atoms with E-state index in [1.54, 1.807) is 12.1 Å². The first-order valence-corrected chi connectivity index (χ1v) is 12.3. The van der Waals surface area contributed by atoms with Crippen molar-refractivity contribution in [1.29, 1.82) is 0 Å². The summed E-state index contributed by atoms with van der Waals surface area (Å²) >= 11 is 0. The first-order chi connectivity index (χ1) is 16.9. The van der Waals surface area contributed by atoms with Crippen LogP contribution in [-0.4, -0.2) is 62.1 Å². The van der Waals surface area contributed by atoms with Gasteiger partial charge in [-0.3, -0.25) is 9.59 Å². The Morgan fingerprint density at radius 3 is 2.57 bits per heavy atom. The SMILES string of the molecule is CCOc1ccccc1N1CCN(C(=O)CC[C@@]2(Cc3ccc(OC)cc3F)CCC(=O)N2)CC1. The zero-order chi connectivity index (χ0) is 24.8. The van der Waals surface area contributed by atoms with Crippen molar-refractivity contribution >= 4 is 17.5 Å². The number of anilines is 1. The molecule has 4 rings (SSSR count). The van der Waals surface area contributed by atoms with E-state index in [9.17, 15) is 14.0 Å². The molecule has 7 nitrogen and oxygen atoms in total. The van der Waals surface area contributed by atoms with Crippen molar-refractivity contribution in [3.63, 3.8) is 0 Å². The van der Waals surface area contributed by atoms with E-state index >= 15 is 0 Å². The number of carbonyl (C=O) groups excluding carboxylic acids is 2. The van der Waals surface area contributed by atoms with Gasteiger partial charge in [-0.2, -0.15) is 0 Å². The second kappa shape index (κ2) is 11.0. The molecule has 0 aromatic heterocycles. The summed E-state index contributed by atoms with van der Waals surface area (Å²) in [4.78, 5) is 29.3. The van der Waals surface area contributed by atoms with Crippen molar-refractivity contribution in [2.24, 2.45) is 0 Å². The summed E-state index contributed by atoms with van der Waals surface area (Å²) in [5, 5.41) is 3.05. The standard InChI is InChI=1S/C27H34FN3O4/c1-3-35-24-7-5-4-6-23(24)30-14-16-31(17-15-30)26(33)11-13-27(12-10-25(32)29-27)19-20-8-9-21(34-2)18-22(20)28/h4-9,18H,3,10-17,19H2,1-2H3,(H,29,32)/t27-/m1/s1. The van der Waals surface area contributed by atoms with Gasteiger partial charge >= 0.3 is 0 Å². The van der Waals surface area contributed by atoms with Crippen molar-refractivity contribution < 1.29 is 23.5 Å². The number of carbonyl (C=O) groups is 2. The minimum absolute atomic E-state index is 0.0482. The number of benzene rings is 2. The fourth-order valence-electron chi connectivity index (χ4n) is 5.04. The van der Waals surface area contributed by atoms with E-state index in [2.05, 4.69) is 10.2 Å². The first kappa shape index (κ1) is 24.8. The molecule has 0 radical (unpaired) electrons. The molecule has 188 valence electrons. The third kappa shape index (κ3) is 5.86. The number of hydrogen-bond donors (Lipinski definition) is 1. The van der Waals surface area contributed by atoms with Crippen LogP contribution in [0.4, 0.5) is 10.1 Å². The number of amides is 2. The number of piperazine rings is 1.